The normalized spacial score (nSPS) is 22.9. The van der Waals surface area contributed by atoms with E-state index >= 15 is 0 Å². The van der Waals surface area contributed by atoms with Gasteiger partial charge in [-0.1, -0.05) is 0 Å². The van der Waals surface area contributed by atoms with Crippen molar-refractivity contribution < 1.29 is 9.53 Å². The third-order valence-electron chi connectivity index (χ3n) is 4.85. The number of rotatable bonds is 5. The molecule has 0 spiro atoms. The zero-order valence-corrected chi connectivity index (χ0v) is 14.1. The van der Waals surface area contributed by atoms with E-state index < -0.39 is 0 Å². The Morgan fingerprint density at radius 2 is 1.96 bits per heavy atom. The van der Waals surface area contributed by atoms with E-state index in [4.69, 9.17) is 10.00 Å². The van der Waals surface area contributed by atoms with E-state index in [0.29, 0.717) is 30.8 Å². The fourth-order valence-corrected chi connectivity index (χ4v) is 3.68. The number of urea groups is 1. The van der Waals surface area contributed by atoms with E-state index in [1.807, 2.05) is 24.0 Å². The average Bonchev–Trinajstić information content (AvgIpc) is 2.83. The lowest BCUT2D eigenvalue weighted by Crippen LogP contribution is -2.57. The van der Waals surface area contributed by atoms with Crippen molar-refractivity contribution in [1.29, 1.82) is 5.26 Å². The standard InChI is InChI=1S/C18H24N4O2/c1-2-20-18(23)21-12-15-5-6-16(13-21)22(15)9-10-24-17-7-3-14(11-19)4-8-17/h3-4,7-8,15-16H,2,5-6,9-10,12-13H2,1H3,(H,20,23). The Kier molecular flexibility index (Phi) is 5.21. The first kappa shape index (κ1) is 16.6. The van der Waals surface area contributed by atoms with Gasteiger partial charge in [0.05, 0.1) is 11.6 Å². The second-order valence-corrected chi connectivity index (χ2v) is 6.35. The van der Waals surface area contributed by atoms with Gasteiger partial charge in [0.15, 0.2) is 0 Å². The van der Waals surface area contributed by atoms with Gasteiger partial charge in [-0.25, -0.2) is 4.79 Å². The molecule has 0 saturated carbocycles. The third-order valence-corrected chi connectivity index (χ3v) is 4.85. The van der Waals surface area contributed by atoms with Crippen LogP contribution in [0.1, 0.15) is 25.3 Å². The number of ether oxygens (including phenoxy) is 1. The predicted molar refractivity (Wildman–Crippen MR) is 90.8 cm³/mol. The molecule has 2 heterocycles. The molecule has 1 N–H and O–H groups in total. The monoisotopic (exact) mass is 328 g/mol. The molecule has 0 aliphatic carbocycles. The largest absolute Gasteiger partial charge is 0.492 e. The molecule has 3 rings (SSSR count). The molecule has 2 amide bonds. The number of carbonyl (C=O) groups excluding carboxylic acids is 1. The summed E-state index contributed by atoms with van der Waals surface area (Å²) >= 11 is 0. The number of hydrogen-bond donors (Lipinski definition) is 1. The summed E-state index contributed by atoms with van der Waals surface area (Å²) in [6.45, 7) is 5.73. The van der Waals surface area contributed by atoms with E-state index in [0.717, 1.165) is 38.2 Å². The number of hydrogen-bond acceptors (Lipinski definition) is 4. The van der Waals surface area contributed by atoms with Gasteiger partial charge in [-0.3, -0.25) is 4.90 Å². The van der Waals surface area contributed by atoms with Gasteiger partial charge in [0.2, 0.25) is 0 Å². The minimum absolute atomic E-state index is 0.0582. The molecular weight excluding hydrogens is 304 g/mol. The van der Waals surface area contributed by atoms with Gasteiger partial charge < -0.3 is 15.0 Å². The molecule has 1 aromatic carbocycles. The van der Waals surface area contributed by atoms with Gasteiger partial charge in [0.25, 0.3) is 0 Å². The van der Waals surface area contributed by atoms with E-state index in [2.05, 4.69) is 16.3 Å². The Morgan fingerprint density at radius 1 is 1.29 bits per heavy atom. The van der Waals surface area contributed by atoms with E-state index in [1.165, 1.54) is 0 Å². The van der Waals surface area contributed by atoms with Crippen LogP contribution in [0.25, 0.3) is 0 Å². The molecule has 2 aliphatic rings. The molecule has 128 valence electrons. The number of likely N-dealkylation sites (tertiary alicyclic amines) is 1. The van der Waals surface area contributed by atoms with Crippen LogP contribution in [0, 0.1) is 11.3 Å². The molecule has 2 saturated heterocycles. The van der Waals surface area contributed by atoms with Crippen molar-refractivity contribution in [1.82, 2.24) is 15.1 Å². The summed E-state index contributed by atoms with van der Waals surface area (Å²) in [5.41, 5.74) is 0.641. The molecule has 6 nitrogen and oxygen atoms in total. The second kappa shape index (κ2) is 7.54. The molecule has 2 unspecified atom stereocenters. The lowest BCUT2D eigenvalue weighted by Gasteiger charge is -2.40. The highest BCUT2D eigenvalue weighted by atomic mass is 16.5. The van der Waals surface area contributed by atoms with Crippen LogP contribution in [0.5, 0.6) is 5.75 Å². The smallest absolute Gasteiger partial charge is 0.317 e. The summed E-state index contributed by atoms with van der Waals surface area (Å²) in [6, 6.07) is 10.2. The molecule has 2 atom stereocenters. The molecule has 6 heteroatoms. The molecular formula is C18H24N4O2. The SMILES string of the molecule is CCNC(=O)N1CC2CCC(C1)N2CCOc1ccc(C#N)cc1. The van der Waals surface area contributed by atoms with Crippen LogP contribution in [0.15, 0.2) is 24.3 Å². The quantitative estimate of drug-likeness (QED) is 0.895. The van der Waals surface area contributed by atoms with Gasteiger partial charge in [-0.2, -0.15) is 5.26 Å². The Bertz CT molecular complexity index is 596. The van der Waals surface area contributed by atoms with Crippen LogP contribution in [-0.4, -0.2) is 60.7 Å². The zero-order valence-electron chi connectivity index (χ0n) is 14.1. The van der Waals surface area contributed by atoms with Gasteiger partial charge in [-0.05, 0) is 44.0 Å². The van der Waals surface area contributed by atoms with E-state index in [1.54, 1.807) is 12.1 Å². The Hall–Kier alpha value is -2.26. The number of benzene rings is 1. The molecule has 2 aliphatic heterocycles. The fraction of sp³-hybridized carbons (Fsp3) is 0.556. The third kappa shape index (κ3) is 3.62. The number of amides is 2. The maximum atomic E-state index is 12.0. The summed E-state index contributed by atoms with van der Waals surface area (Å²) in [7, 11) is 0. The maximum Gasteiger partial charge on any atom is 0.317 e. The highest BCUT2D eigenvalue weighted by Crippen LogP contribution is 2.29. The van der Waals surface area contributed by atoms with Crippen molar-refractivity contribution in [3.8, 4) is 11.8 Å². The van der Waals surface area contributed by atoms with Crippen LogP contribution in [0.3, 0.4) is 0 Å². The van der Waals surface area contributed by atoms with Crippen molar-refractivity contribution in [2.75, 3.05) is 32.8 Å². The highest BCUT2D eigenvalue weighted by molar-refractivity contribution is 5.74. The van der Waals surface area contributed by atoms with E-state index in [-0.39, 0.29) is 6.03 Å². The van der Waals surface area contributed by atoms with Crippen molar-refractivity contribution in [3.05, 3.63) is 29.8 Å². The first-order valence-corrected chi connectivity index (χ1v) is 8.62. The number of nitriles is 1. The molecule has 0 radical (unpaired) electrons. The minimum atomic E-state index is 0.0582. The summed E-state index contributed by atoms with van der Waals surface area (Å²) in [5.74, 6) is 0.794. The van der Waals surface area contributed by atoms with Crippen LogP contribution in [-0.2, 0) is 0 Å². The summed E-state index contributed by atoms with van der Waals surface area (Å²) < 4.78 is 5.80. The number of nitrogens with zero attached hydrogens (tertiary/aromatic N) is 3. The topological polar surface area (TPSA) is 68.6 Å². The number of piperazine rings is 1. The fourth-order valence-electron chi connectivity index (χ4n) is 3.68. The van der Waals surface area contributed by atoms with Gasteiger partial charge in [-0.15, -0.1) is 0 Å². The lowest BCUT2D eigenvalue weighted by atomic mass is 10.2. The highest BCUT2D eigenvalue weighted by Gasteiger charge is 2.40. The molecule has 24 heavy (non-hydrogen) atoms. The Balaban J connectivity index is 1.48. The molecule has 0 aromatic heterocycles. The maximum absolute atomic E-state index is 12.0. The van der Waals surface area contributed by atoms with Crippen molar-refractivity contribution in [2.45, 2.75) is 31.8 Å². The predicted octanol–water partition coefficient (Wildman–Crippen LogP) is 1.82. The van der Waals surface area contributed by atoms with Gasteiger partial charge in [0, 0.05) is 38.3 Å². The Morgan fingerprint density at radius 3 is 2.54 bits per heavy atom. The second-order valence-electron chi connectivity index (χ2n) is 6.35. The van der Waals surface area contributed by atoms with Crippen molar-refractivity contribution in [3.63, 3.8) is 0 Å². The molecule has 2 bridgehead atoms. The van der Waals surface area contributed by atoms with Crippen LogP contribution in [0.2, 0.25) is 0 Å². The van der Waals surface area contributed by atoms with Crippen LogP contribution in [0.4, 0.5) is 4.79 Å². The number of nitrogens with one attached hydrogen (secondary N) is 1. The summed E-state index contributed by atoms with van der Waals surface area (Å²) in [5, 5.41) is 11.7. The van der Waals surface area contributed by atoms with Crippen LogP contribution >= 0.6 is 0 Å². The van der Waals surface area contributed by atoms with Crippen molar-refractivity contribution in [2.24, 2.45) is 0 Å². The van der Waals surface area contributed by atoms with Gasteiger partial charge in [0.1, 0.15) is 12.4 Å². The Labute approximate surface area is 143 Å². The first-order chi connectivity index (χ1) is 11.7. The lowest BCUT2D eigenvalue weighted by molar-refractivity contribution is 0.0712. The number of fused-ring (bicyclic) bond motifs is 2. The number of carbonyl (C=O) groups is 1. The summed E-state index contributed by atoms with van der Waals surface area (Å²) in [6.07, 6.45) is 2.30. The zero-order chi connectivity index (χ0) is 16.9. The summed E-state index contributed by atoms with van der Waals surface area (Å²) in [4.78, 5) is 16.5. The van der Waals surface area contributed by atoms with E-state index in [9.17, 15) is 4.79 Å². The van der Waals surface area contributed by atoms with Crippen molar-refractivity contribution >= 4 is 6.03 Å². The average molecular weight is 328 g/mol. The molecule has 2 fully saturated rings. The molecule has 1 aromatic rings. The van der Waals surface area contributed by atoms with Gasteiger partial charge >= 0.3 is 6.03 Å². The first-order valence-electron chi connectivity index (χ1n) is 8.62. The minimum Gasteiger partial charge on any atom is -0.492 e. The van der Waals surface area contributed by atoms with Crippen LogP contribution < -0.4 is 10.1 Å².